The number of aryl methyl sites for hydroxylation is 1. The van der Waals surface area contributed by atoms with Gasteiger partial charge in [0.15, 0.2) is 5.78 Å². The highest BCUT2D eigenvalue weighted by Gasteiger charge is 2.11. The third-order valence-electron chi connectivity index (χ3n) is 3.64. The predicted octanol–water partition coefficient (Wildman–Crippen LogP) is 2.80. The summed E-state index contributed by atoms with van der Waals surface area (Å²) in [7, 11) is 3.27. The summed E-state index contributed by atoms with van der Waals surface area (Å²) in [5.41, 5.74) is 3.73. The molecule has 0 aliphatic heterocycles. The van der Waals surface area contributed by atoms with Gasteiger partial charge in [-0.15, -0.1) is 0 Å². The monoisotopic (exact) mass is 436 g/mol. The van der Waals surface area contributed by atoms with Gasteiger partial charge in [0.05, 0.1) is 10.2 Å². The van der Waals surface area contributed by atoms with Crippen LogP contribution in [0.4, 0.5) is 5.69 Å². The number of nitrogens with two attached hydrogens (primary N) is 2. The average Bonchev–Trinajstić information content (AvgIpc) is 2.61. The zero-order valence-corrected chi connectivity index (χ0v) is 17.5. The average molecular weight is 437 g/mol. The molecule has 146 valence electrons. The minimum atomic E-state index is 0.0261. The fourth-order valence-electron chi connectivity index (χ4n) is 2.19. The van der Waals surface area contributed by atoms with Crippen LogP contribution in [0.2, 0.25) is 0 Å². The first kappa shape index (κ1) is 22.6. The molecule has 27 heavy (non-hydrogen) atoms. The first-order valence-corrected chi connectivity index (χ1v) is 8.89. The number of carbonyl (C=O) groups is 2. The van der Waals surface area contributed by atoms with Gasteiger partial charge in [-0.2, -0.15) is 0 Å². The van der Waals surface area contributed by atoms with Gasteiger partial charge >= 0.3 is 0 Å². The highest BCUT2D eigenvalue weighted by molar-refractivity contribution is 9.10. The summed E-state index contributed by atoms with van der Waals surface area (Å²) in [5.74, 6) is 11.3. The SMILES string of the molecule is CC(=O)c1ccc(OCc2c(C)cccc2N(C)N)c(Br)c1.CN(N)C=O. The molecule has 0 saturated heterocycles. The lowest BCUT2D eigenvalue weighted by molar-refractivity contribution is -0.117. The van der Waals surface area contributed by atoms with Crippen LogP contribution in [0.15, 0.2) is 40.9 Å². The van der Waals surface area contributed by atoms with Crippen molar-refractivity contribution in [3.63, 3.8) is 0 Å². The fourth-order valence-corrected chi connectivity index (χ4v) is 2.69. The number of Topliss-reactive ketones (excluding diaryl/α,β-unsaturated/α-hetero) is 1. The number of carbonyl (C=O) groups excluding carboxylic acids is 2. The Morgan fingerprint density at radius 3 is 2.33 bits per heavy atom. The van der Waals surface area contributed by atoms with Crippen molar-refractivity contribution in [1.29, 1.82) is 0 Å². The summed E-state index contributed by atoms with van der Waals surface area (Å²) in [4.78, 5) is 20.7. The van der Waals surface area contributed by atoms with Gasteiger partial charge in [-0.05, 0) is 59.6 Å². The third-order valence-corrected chi connectivity index (χ3v) is 4.26. The van der Waals surface area contributed by atoms with Gasteiger partial charge in [-0.25, -0.2) is 11.7 Å². The zero-order chi connectivity index (χ0) is 20.6. The van der Waals surface area contributed by atoms with Gasteiger partial charge in [0, 0.05) is 25.2 Å². The van der Waals surface area contributed by atoms with E-state index in [0.29, 0.717) is 24.3 Å². The number of hydrazine groups is 2. The summed E-state index contributed by atoms with van der Waals surface area (Å²) < 4.78 is 6.65. The lowest BCUT2D eigenvalue weighted by atomic mass is 10.1. The molecular weight excluding hydrogens is 412 g/mol. The maximum Gasteiger partial charge on any atom is 0.223 e. The van der Waals surface area contributed by atoms with Crippen molar-refractivity contribution in [2.24, 2.45) is 11.7 Å². The summed E-state index contributed by atoms with van der Waals surface area (Å²) >= 11 is 3.44. The van der Waals surface area contributed by atoms with Crippen LogP contribution in [0.25, 0.3) is 0 Å². The van der Waals surface area contributed by atoms with Crippen LogP contribution in [0.1, 0.15) is 28.4 Å². The molecule has 0 atom stereocenters. The molecule has 7 nitrogen and oxygen atoms in total. The standard InChI is InChI=1S/C17H19BrN2O2.C2H6N2O/c1-11-5-4-6-16(20(3)19)14(11)10-22-17-8-7-13(12(2)21)9-15(17)18;1-4(3)2-5/h4-9H,10,19H2,1-3H3;2H,3H2,1H3. The molecule has 2 aromatic carbocycles. The van der Waals surface area contributed by atoms with Gasteiger partial charge in [-0.3, -0.25) is 14.6 Å². The highest BCUT2D eigenvalue weighted by atomic mass is 79.9. The molecule has 0 heterocycles. The van der Waals surface area contributed by atoms with Crippen LogP contribution >= 0.6 is 15.9 Å². The van der Waals surface area contributed by atoms with Crippen LogP contribution in [-0.2, 0) is 11.4 Å². The van der Waals surface area contributed by atoms with E-state index >= 15 is 0 Å². The lowest BCUT2D eigenvalue weighted by Crippen LogP contribution is -2.26. The predicted molar refractivity (Wildman–Crippen MR) is 110 cm³/mol. The van der Waals surface area contributed by atoms with Crippen LogP contribution in [-0.4, -0.2) is 31.3 Å². The topological polar surface area (TPSA) is 102 Å². The van der Waals surface area contributed by atoms with Crippen molar-refractivity contribution < 1.29 is 14.3 Å². The molecule has 2 rings (SSSR count). The number of nitrogens with zero attached hydrogens (tertiary/aromatic N) is 2. The van der Waals surface area contributed by atoms with E-state index in [2.05, 4.69) is 15.9 Å². The number of anilines is 1. The summed E-state index contributed by atoms with van der Waals surface area (Å²) in [6, 6.07) is 11.3. The molecule has 0 spiro atoms. The molecule has 0 aliphatic rings. The Balaban J connectivity index is 0.000000646. The summed E-state index contributed by atoms with van der Waals surface area (Å²) in [6.07, 6.45) is 0.528. The van der Waals surface area contributed by atoms with Gasteiger partial charge in [0.25, 0.3) is 0 Å². The van der Waals surface area contributed by atoms with E-state index in [1.54, 1.807) is 37.2 Å². The minimum Gasteiger partial charge on any atom is -0.488 e. The smallest absolute Gasteiger partial charge is 0.223 e. The first-order valence-electron chi connectivity index (χ1n) is 8.10. The van der Waals surface area contributed by atoms with Gasteiger partial charge < -0.3 is 9.75 Å². The van der Waals surface area contributed by atoms with Crippen molar-refractivity contribution in [3.8, 4) is 5.75 Å². The quantitative estimate of drug-likeness (QED) is 0.237. The van der Waals surface area contributed by atoms with Gasteiger partial charge in [0.1, 0.15) is 12.4 Å². The van der Waals surface area contributed by atoms with Crippen LogP contribution < -0.4 is 21.4 Å². The number of ketones is 1. The maximum atomic E-state index is 11.4. The number of amides is 1. The van der Waals surface area contributed by atoms with E-state index in [-0.39, 0.29) is 5.78 Å². The molecule has 0 saturated carbocycles. The summed E-state index contributed by atoms with van der Waals surface area (Å²) in [6.45, 7) is 3.97. The van der Waals surface area contributed by atoms with Crippen molar-refractivity contribution >= 4 is 33.8 Å². The van der Waals surface area contributed by atoms with Gasteiger partial charge in [0.2, 0.25) is 6.41 Å². The molecule has 0 bridgehead atoms. The Morgan fingerprint density at radius 1 is 1.22 bits per heavy atom. The molecule has 0 fully saturated rings. The van der Waals surface area contributed by atoms with E-state index in [0.717, 1.165) is 26.3 Å². The fraction of sp³-hybridized carbons (Fsp3) is 0.263. The molecule has 1 amide bonds. The van der Waals surface area contributed by atoms with Gasteiger partial charge in [-0.1, -0.05) is 12.1 Å². The summed E-state index contributed by atoms with van der Waals surface area (Å²) in [5, 5.41) is 2.53. The Morgan fingerprint density at radius 2 is 1.85 bits per heavy atom. The van der Waals surface area contributed by atoms with E-state index < -0.39 is 0 Å². The van der Waals surface area contributed by atoms with Crippen molar-refractivity contribution in [2.75, 3.05) is 19.1 Å². The number of hydrogen-bond donors (Lipinski definition) is 2. The Bertz CT molecular complexity index is 795. The highest BCUT2D eigenvalue weighted by Crippen LogP contribution is 2.29. The molecule has 0 aromatic heterocycles. The molecule has 2 aromatic rings. The van der Waals surface area contributed by atoms with E-state index in [1.807, 2.05) is 25.1 Å². The van der Waals surface area contributed by atoms with Crippen molar-refractivity contribution in [2.45, 2.75) is 20.5 Å². The molecular formula is C19H25BrN4O3. The second-order valence-electron chi connectivity index (χ2n) is 5.94. The largest absolute Gasteiger partial charge is 0.488 e. The van der Waals surface area contributed by atoms with E-state index in [1.165, 1.54) is 7.05 Å². The van der Waals surface area contributed by atoms with Crippen molar-refractivity contribution in [3.05, 3.63) is 57.6 Å². The van der Waals surface area contributed by atoms with E-state index in [9.17, 15) is 9.59 Å². The number of halogens is 1. The van der Waals surface area contributed by atoms with E-state index in [4.69, 9.17) is 16.4 Å². The Kier molecular flexibility index (Phi) is 8.93. The molecule has 4 N–H and O–H groups in total. The maximum absolute atomic E-state index is 11.4. The zero-order valence-electron chi connectivity index (χ0n) is 15.9. The Labute approximate surface area is 167 Å². The third kappa shape index (κ3) is 7.01. The molecule has 8 heteroatoms. The first-order chi connectivity index (χ1) is 12.7. The minimum absolute atomic E-state index is 0.0261. The number of hydrogen-bond acceptors (Lipinski definition) is 6. The molecule has 0 aliphatic carbocycles. The lowest BCUT2D eigenvalue weighted by Gasteiger charge is -2.19. The number of benzene rings is 2. The second-order valence-corrected chi connectivity index (χ2v) is 6.80. The molecule has 0 unspecified atom stereocenters. The molecule has 0 radical (unpaired) electrons. The Hall–Kier alpha value is -2.42. The second kappa shape index (κ2) is 10.7. The van der Waals surface area contributed by atoms with Crippen molar-refractivity contribution in [1.82, 2.24) is 5.01 Å². The van der Waals surface area contributed by atoms with Crippen LogP contribution in [0, 0.1) is 6.92 Å². The number of ether oxygens (including phenoxy) is 1. The number of rotatable bonds is 6. The normalized spacial score (nSPS) is 9.74. The van der Waals surface area contributed by atoms with Crippen LogP contribution in [0.5, 0.6) is 5.75 Å². The van der Waals surface area contributed by atoms with Crippen LogP contribution in [0.3, 0.4) is 0 Å².